The van der Waals surface area contributed by atoms with Crippen molar-refractivity contribution in [3.8, 4) is 0 Å². The minimum Gasteiger partial charge on any atom is -0.368 e. The first-order valence-corrected chi connectivity index (χ1v) is 7.22. The van der Waals surface area contributed by atoms with Crippen LogP contribution in [0.3, 0.4) is 0 Å². The molecule has 1 heterocycles. The molecule has 0 aliphatic heterocycles. The lowest BCUT2D eigenvalue weighted by Gasteiger charge is -2.25. The van der Waals surface area contributed by atoms with E-state index in [0.717, 1.165) is 24.6 Å². The maximum atomic E-state index is 5.85. The Kier molecular flexibility index (Phi) is 5.56. The summed E-state index contributed by atoms with van der Waals surface area (Å²) in [5.74, 6) is 0. The molecule has 0 fully saturated rings. The van der Waals surface area contributed by atoms with Crippen molar-refractivity contribution in [1.82, 2.24) is 10.3 Å². The Morgan fingerprint density at radius 1 is 1.47 bits per heavy atom. The molecule has 0 aromatic carbocycles. The van der Waals surface area contributed by atoms with Gasteiger partial charge in [-0.1, -0.05) is 13.8 Å². The van der Waals surface area contributed by atoms with Gasteiger partial charge in [0.05, 0.1) is 0 Å². The number of ether oxygens (including phenoxy) is 1. The van der Waals surface area contributed by atoms with Gasteiger partial charge in [0, 0.05) is 23.7 Å². The number of aromatic nitrogens is 1. The Labute approximate surface area is 109 Å². The monoisotopic (exact) mass is 256 g/mol. The summed E-state index contributed by atoms with van der Waals surface area (Å²) in [6, 6.07) is 0.369. The highest BCUT2D eigenvalue weighted by atomic mass is 32.1. The van der Waals surface area contributed by atoms with Crippen molar-refractivity contribution in [2.45, 2.75) is 52.7 Å². The molecule has 0 bridgehead atoms. The molecule has 0 saturated carbocycles. The molecule has 0 amide bonds. The summed E-state index contributed by atoms with van der Waals surface area (Å²) in [6.45, 7) is 12.3. The number of thiazole rings is 1. The third-order valence-corrected chi connectivity index (χ3v) is 4.48. The zero-order valence-corrected chi connectivity index (χ0v) is 12.4. The Hall–Kier alpha value is -0.450. The van der Waals surface area contributed by atoms with Crippen molar-refractivity contribution in [3.63, 3.8) is 0 Å². The Balaban J connectivity index is 2.85. The zero-order chi connectivity index (χ0) is 12.9. The molecule has 0 radical (unpaired) electrons. The molecular weight excluding hydrogens is 232 g/mol. The van der Waals surface area contributed by atoms with E-state index in [9.17, 15) is 0 Å². The molecule has 98 valence electrons. The fraction of sp³-hybridized carbons (Fsp3) is 0.769. The van der Waals surface area contributed by atoms with Crippen LogP contribution in [-0.4, -0.2) is 18.1 Å². The van der Waals surface area contributed by atoms with E-state index < -0.39 is 0 Å². The average molecular weight is 256 g/mol. The van der Waals surface area contributed by atoms with Gasteiger partial charge in [-0.3, -0.25) is 0 Å². The van der Waals surface area contributed by atoms with E-state index in [1.807, 2.05) is 13.1 Å². The number of rotatable bonds is 7. The summed E-state index contributed by atoms with van der Waals surface area (Å²) in [5.41, 5.74) is -0.233. The molecule has 1 N–H and O–H groups in total. The quantitative estimate of drug-likeness (QED) is 0.811. The van der Waals surface area contributed by atoms with Crippen molar-refractivity contribution < 1.29 is 4.74 Å². The van der Waals surface area contributed by atoms with Crippen molar-refractivity contribution >= 4 is 11.3 Å². The van der Waals surface area contributed by atoms with Crippen molar-refractivity contribution in [2.24, 2.45) is 0 Å². The third-order valence-electron chi connectivity index (χ3n) is 3.05. The van der Waals surface area contributed by atoms with Crippen LogP contribution in [0.2, 0.25) is 0 Å². The lowest BCUT2D eigenvalue weighted by atomic mass is 10.1. The maximum Gasteiger partial charge on any atom is 0.125 e. The van der Waals surface area contributed by atoms with Gasteiger partial charge >= 0.3 is 0 Å². The molecule has 1 rings (SSSR count). The molecule has 0 aliphatic rings. The second-order valence-corrected chi connectivity index (χ2v) is 5.43. The molecule has 1 aromatic rings. The molecule has 2 atom stereocenters. The normalized spacial score (nSPS) is 16.8. The van der Waals surface area contributed by atoms with Gasteiger partial charge in [-0.2, -0.15) is 0 Å². The molecular formula is C13H24N2OS. The van der Waals surface area contributed by atoms with Crippen LogP contribution >= 0.6 is 11.3 Å². The number of nitrogens with one attached hydrogen (secondary N) is 1. The van der Waals surface area contributed by atoms with Gasteiger partial charge in [0.15, 0.2) is 0 Å². The third kappa shape index (κ3) is 3.50. The summed E-state index contributed by atoms with van der Waals surface area (Å²) < 4.78 is 5.85. The Morgan fingerprint density at radius 2 is 2.18 bits per heavy atom. The molecule has 0 spiro atoms. The molecule has 2 unspecified atom stereocenters. The SMILES string of the molecule is CCNC(C)c1cnc(C(C)(CC)OCC)s1. The van der Waals surface area contributed by atoms with Crippen molar-refractivity contribution in [2.75, 3.05) is 13.2 Å². The standard InChI is InChI=1S/C13H24N2OS/c1-6-13(5,16-8-3)12-15-9-11(17-12)10(4)14-7-2/h9-10,14H,6-8H2,1-5H3. The van der Waals surface area contributed by atoms with E-state index in [2.05, 4.69) is 38.0 Å². The fourth-order valence-corrected chi connectivity index (χ4v) is 2.88. The molecule has 1 aromatic heterocycles. The Bertz CT molecular complexity index is 340. The summed E-state index contributed by atoms with van der Waals surface area (Å²) in [4.78, 5) is 5.81. The van der Waals surface area contributed by atoms with Gasteiger partial charge in [0.25, 0.3) is 0 Å². The molecule has 3 nitrogen and oxygen atoms in total. The minimum atomic E-state index is -0.233. The van der Waals surface area contributed by atoms with Crippen LogP contribution < -0.4 is 5.32 Å². The number of hydrogen-bond donors (Lipinski definition) is 1. The highest BCUT2D eigenvalue weighted by Crippen LogP contribution is 2.33. The fourth-order valence-electron chi connectivity index (χ4n) is 1.77. The Morgan fingerprint density at radius 3 is 2.71 bits per heavy atom. The van der Waals surface area contributed by atoms with E-state index in [0.29, 0.717) is 6.04 Å². The molecule has 0 aliphatic carbocycles. The predicted octanol–water partition coefficient (Wildman–Crippen LogP) is 3.48. The first kappa shape index (κ1) is 14.6. The average Bonchev–Trinajstić information content (AvgIpc) is 2.79. The van der Waals surface area contributed by atoms with E-state index in [1.54, 1.807) is 11.3 Å². The largest absolute Gasteiger partial charge is 0.368 e. The maximum absolute atomic E-state index is 5.85. The first-order chi connectivity index (χ1) is 8.07. The van der Waals surface area contributed by atoms with E-state index in [4.69, 9.17) is 4.74 Å². The number of nitrogens with zero attached hydrogens (tertiary/aromatic N) is 1. The molecule has 4 heteroatoms. The van der Waals surface area contributed by atoms with Crippen LogP contribution in [0.25, 0.3) is 0 Å². The van der Waals surface area contributed by atoms with Crippen LogP contribution in [0, 0.1) is 0 Å². The summed E-state index contributed by atoms with van der Waals surface area (Å²) >= 11 is 1.75. The predicted molar refractivity (Wildman–Crippen MR) is 73.5 cm³/mol. The van der Waals surface area contributed by atoms with Crippen molar-refractivity contribution in [1.29, 1.82) is 0 Å². The van der Waals surface area contributed by atoms with E-state index >= 15 is 0 Å². The van der Waals surface area contributed by atoms with Gasteiger partial charge in [-0.15, -0.1) is 11.3 Å². The lowest BCUT2D eigenvalue weighted by molar-refractivity contribution is -0.0324. The summed E-state index contributed by atoms with van der Waals surface area (Å²) in [6.07, 6.45) is 2.92. The lowest BCUT2D eigenvalue weighted by Crippen LogP contribution is -2.24. The molecule has 17 heavy (non-hydrogen) atoms. The van der Waals surface area contributed by atoms with Gasteiger partial charge in [0.2, 0.25) is 0 Å². The molecule has 0 saturated heterocycles. The second kappa shape index (κ2) is 6.47. The van der Waals surface area contributed by atoms with E-state index in [1.165, 1.54) is 4.88 Å². The van der Waals surface area contributed by atoms with E-state index in [-0.39, 0.29) is 5.60 Å². The topological polar surface area (TPSA) is 34.2 Å². The number of hydrogen-bond acceptors (Lipinski definition) is 4. The van der Waals surface area contributed by atoms with Crippen LogP contribution in [0.1, 0.15) is 57.0 Å². The smallest absolute Gasteiger partial charge is 0.125 e. The van der Waals surface area contributed by atoms with Gasteiger partial charge < -0.3 is 10.1 Å². The summed E-state index contributed by atoms with van der Waals surface area (Å²) in [5, 5.41) is 4.49. The van der Waals surface area contributed by atoms with Crippen LogP contribution in [0.4, 0.5) is 0 Å². The second-order valence-electron chi connectivity index (χ2n) is 4.36. The van der Waals surface area contributed by atoms with Crippen molar-refractivity contribution in [3.05, 3.63) is 16.1 Å². The van der Waals surface area contributed by atoms with Gasteiger partial charge in [0.1, 0.15) is 10.6 Å². The summed E-state index contributed by atoms with van der Waals surface area (Å²) in [7, 11) is 0. The zero-order valence-electron chi connectivity index (χ0n) is 11.5. The minimum absolute atomic E-state index is 0.233. The highest BCUT2D eigenvalue weighted by Gasteiger charge is 2.28. The van der Waals surface area contributed by atoms with Crippen LogP contribution in [0.5, 0.6) is 0 Å². The highest BCUT2D eigenvalue weighted by molar-refractivity contribution is 7.11. The van der Waals surface area contributed by atoms with Gasteiger partial charge in [-0.25, -0.2) is 4.98 Å². The van der Waals surface area contributed by atoms with Crippen LogP contribution in [0.15, 0.2) is 6.20 Å². The van der Waals surface area contributed by atoms with Crippen LogP contribution in [-0.2, 0) is 10.3 Å². The first-order valence-electron chi connectivity index (χ1n) is 6.40. The van der Waals surface area contributed by atoms with Gasteiger partial charge in [-0.05, 0) is 33.7 Å².